The van der Waals surface area contributed by atoms with E-state index in [0.29, 0.717) is 28.3 Å². The van der Waals surface area contributed by atoms with Crippen LogP contribution in [-0.2, 0) is 23.1 Å². The number of rotatable bonds is 9. The van der Waals surface area contributed by atoms with Crippen LogP contribution < -0.4 is 19.1 Å². The van der Waals surface area contributed by atoms with Crippen LogP contribution in [0.5, 0.6) is 11.5 Å². The zero-order chi connectivity index (χ0) is 24.0. The molecule has 33 heavy (non-hydrogen) atoms. The van der Waals surface area contributed by atoms with Gasteiger partial charge in [0.2, 0.25) is 10.0 Å². The van der Waals surface area contributed by atoms with Crippen LogP contribution in [0.3, 0.4) is 0 Å². The van der Waals surface area contributed by atoms with Crippen molar-refractivity contribution >= 4 is 21.6 Å². The minimum absolute atomic E-state index is 0.0960. The van der Waals surface area contributed by atoms with Crippen LogP contribution in [-0.4, -0.2) is 34.8 Å². The van der Waals surface area contributed by atoms with Gasteiger partial charge in [-0.3, -0.25) is 9.10 Å². The van der Waals surface area contributed by atoms with Crippen LogP contribution in [0.2, 0.25) is 0 Å². The van der Waals surface area contributed by atoms with Gasteiger partial charge in [-0.15, -0.1) is 0 Å². The summed E-state index contributed by atoms with van der Waals surface area (Å²) in [6, 6.07) is 17.3. The number of benzene rings is 3. The molecule has 0 aromatic heterocycles. The van der Waals surface area contributed by atoms with E-state index in [4.69, 9.17) is 9.47 Å². The van der Waals surface area contributed by atoms with Crippen molar-refractivity contribution in [2.75, 3.05) is 24.8 Å². The smallest absolute Gasteiger partial charge is 0.251 e. The predicted molar refractivity (Wildman–Crippen MR) is 125 cm³/mol. The lowest BCUT2D eigenvalue weighted by Gasteiger charge is -2.24. The highest BCUT2D eigenvalue weighted by Gasteiger charge is 2.21. The number of halogens is 1. The van der Waals surface area contributed by atoms with Crippen molar-refractivity contribution in [1.82, 2.24) is 5.32 Å². The number of para-hydroxylation sites is 1. The highest BCUT2D eigenvalue weighted by molar-refractivity contribution is 7.92. The molecule has 0 radical (unpaired) electrons. The van der Waals surface area contributed by atoms with Crippen molar-refractivity contribution in [3.8, 4) is 11.5 Å². The number of carbonyl (C=O) groups excluding carboxylic acids is 1. The number of amides is 1. The Morgan fingerprint density at radius 3 is 2.21 bits per heavy atom. The third-order valence-electron chi connectivity index (χ3n) is 5.00. The van der Waals surface area contributed by atoms with Gasteiger partial charge in [-0.1, -0.05) is 18.2 Å². The van der Waals surface area contributed by atoms with Gasteiger partial charge >= 0.3 is 0 Å². The molecule has 0 saturated carbocycles. The van der Waals surface area contributed by atoms with E-state index in [1.54, 1.807) is 25.3 Å². The Morgan fingerprint density at radius 1 is 0.939 bits per heavy atom. The van der Waals surface area contributed by atoms with E-state index >= 15 is 0 Å². The lowest BCUT2D eigenvalue weighted by Crippen LogP contribution is -2.30. The van der Waals surface area contributed by atoms with E-state index in [-0.39, 0.29) is 19.0 Å². The zero-order valence-corrected chi connectivity index (χ0v) is 19.4. The Balaban J connectivity index is 1.86. The van der Waals surface area contributed by atoms with Crippen molar-refractivity contribution < 1.29 is 27.1 Å². The number of nitrogens with one attached hydrogen (secondary N) is 1. The van der Waals surface area contributed by atoms with Gasteiger partial charge in [-0.2, -0.15) is 0 Å². The van der Waals surface area contributed by atoms with E-state index in [0.717, 1.165) is 16.1 Å². The third kappa shape index (κ3) is 6.01. The van der Waals surface area contributed by atoms with Crippen LogP contribution >= 0.6 is 0 Å². The van der Waals surface area contributed by atoms with Crippen LogP contribution in [0.1, 0.15) is 21.5 Å². The molecule has 0 bridgehead atoms. The molecule has 0 heterocycles. The molecule has 0 aliphatic heterocycles. The fourth-order valence-corrected chi connectivity index (χ4v) is 4.21. The van der Waals surface area contributed by atoms with Crippen molar-refractivity contribution in [2.24, 2.45) is 0 Å². The first-order chi connectivity index (χ1) is 15.7. The normalized spacial score (nSPS) is 11.0. The predicted octanol–water partition coefficient (Wildman–Crippen LogP) is 3.74. The second kappa shape index (κ2) is 10.4. The number of ether oxygens (including phenoxy) is 2. The number of sulfonamides is 1. The first-order valence-corrected chi connectivity index (χ1v) is 11.9. The summed E-state index contributed by atoms with van der Waals surface area (Å²) in [6.45, 7) is 0.163. The van der Waals surface area contributed by atoms with Crippen LogP contribution in [0.4, 0.5) is 10.1 Å². The van der Waals surface area contributed by atoms with Gasteiger partial charge in [0.05, 0.1) is 32.7 Å². The van der Waals surface area contributed by atoms with Gasteiger partial charge in [0, 0.05) is 23.2 Å². The van der Waals surface area contributed by atoms with Gasteiger partial charge < -0.3 is 14.8 Å². The molecule has 0 aliphatic carbocycles. The summed E-state index contributed by atoms with van der Waals surface area (Å²) in [5.74, 6) is 0.277. The highest BCUT2D eigenvalue weighted by atomic mass is 32.2. The molecule has 3 aromatic rings. The lowest BCUT2D eigenvalue weighted by molar-refractivity contribution is 0.0950. The molecule has 0 spiro atoms. The largest absolute Gasteiger partial charge is 0.496 e. The van der Waals surface area contributed by atoms with E-state index in [9.17, 15) is 17.6 Å². The van der Waals surface area contributed by atoms with Gasteiger partial charge in [0.15, 0.2) is 0 Å². The summed E-state index contributed by atoms with van der Waals surface area (Å²) in [7, 11) is -0.678. The Kier molecular flexibility index (Phi) is 7.55. The number of hydrogen-bond donors (Lipinski definition) is 1. The zero-order valence-electron chi connectivity index (χ0n) is 18.5. The van der Waals surface area contributed by atoms with Crippen LogP contribution in [0.25, 0.3) is 0 Å². The molecular weight excluding hydrogens is 447 g/mol. The van der Waals surface area contributed by atoms with Crippen LogP contribution in [0.15, 0.2) is 66.7 Å². The number of nitrogens with zero attached hydrogens (tertiary/aromatic N) is 1. The SMILES string of the molecule is COc1ccccc1CNC(=O)c1ccc(OC)c(CN(c2ccc(F)cc2)S(C)(=O)=O)c1. The molecule has 0 saturated heterocycles. The summed E-state index contributed by atoms with van der Waals surface area (Å²) in [5, 5.41) is 2.84. The lowest BCUT2D eigenvalue weighted by atomic mass is 10.1. The Labute approximate surface area is 192 Å². The Hall–Kier alpha value is -3.59. The molecule has 9 heteroatoms. The third-order valence-corrected chi connectivity index (χ3v) is 6.14. The first-order valence-electron chi connectivity index (χ1n) is 10.0. The average Bonchev–Trinajstić information content (AvgIpc) is 2.81. The molecule has 174 valence electrons. The van der Waals surface area contributed by atoms with Gasteiger partial charge in [-0.25, -0.2) is 12.8 Å². The van der Waals surface area contributed by atoms with E-state index in [1.165, 1.54) is 31.4 Å². The fraction of sp³-hybridized carbons (Fsp3) is 0.208. The van der Waals surface area contributed by atoms with Gasteiger partial charge in [0.25, 0.3) is 5.91 Å². The molecule has 0 aliphatic rings. The maximum Gasteiger partial charge on any atom is 0.251 e. The first kappa shape index (κ1) is 24.1. The van der Waals surface area contributed by atoms with Crippen LogP contribution in [0, 0.1) is 5.82 Å². The molecule has 1 N–H and O–H groups in total. The minimum atomic E-state index is -3.70. The monoisotopic (exact) mass is 472 g/mol. The van der Waals surface area contributed by atoms with Crippen molar-refractivity contribution in [3.63, 3.8) is 0 Å². The van der Waals surface area contributed by atoms with Gasteiger partial charge in [-0.05, 0) is 48.5 Å². The van der Waals surface area contributed by atoms with Crippen molar-refractivity contribution in [2.45, 2.75) is 13.1 Å². The maximum atomic E-state index is 13.3. The number of anilines is 1. The number of methoxy groups -OCH3 is 2. The Morgan fingerprint density at radius 2 is 1.58 bits per heavy atom. The van der Waals surface area contributed by atoms with E-state index in [1.807, 2.05) is 24.3 Å². The van der Waals surface area contributed by atoms with E-state index < -0.39 is 15.8 Å². The molecule has 0 unspecified atom stereocenters. The molecular formula is C24H25FN2O5S. The summed E-state index contributed by atoms with van der Waals surface area (Å²) in [5.41, 5.74) is 1.94. The quantitative estimate of drug-likeness (QED) is 0.513. The second-order valence-corrected chi connectivity index (χ2v) is 9.17. The molecule has 7 nitrogen and oxygen atoms in total. The van der Waals surface area contributed by atoms with E-state index in [2.05, 4.69) is 5.32 Å². The molecule has 1 amide bonds. The fourth-order valence-electron chi connectivity index (χ4n) is 3.33. The molecule has 0 atom stereocenters. The summed E-state index contributed by atoms with van der Waals surface area (Å²) in [6.07, 6.45) is 1.06. The standard InChI is InChI=1S/C24H25FN2O5S/c1-31-22-7-5-4-6-18(22)15-26-24(28)17-8-13-23(32-2)19(14-17)16-27(33(3,29)30)21-11-9-20(25)10-12-21/h4-14H,15-16H2,1-3H3,(H,26,28). The summed E-state index contributed by atoms with van der Waals surface area (Å²) in [4.78, 5) is 12.8. The van der Waals surface area contributed by atoms with Crippen molar-refractivity contribution in [3.05, 3.63) is 89.2 Å². The number of hydrogen-bond acceptors (Lipinski definition) is 5. The molecule has 3 rings (SSSR count). The molecule has 3 aromatic carbocycles. The molecule has 0 fully saturated rings. The maximum absolute atomic E-state index is 13.3. The topological polar surface area (TPSA) is 84.9 Å². The second-order valence-electron chi connectivity index (χ2n) is 7.27. The summed E-state index contributed by atoms with van der Waals surface area (Å²) < 4.78 is 50.1. The average molecular weight is 473 g/mol. The minimum Gasteiger partial charge on any atom is -0.496 e. The highest BCUT2D eigenvalue weighted by Crippen LogP contribution is 2.27. The van der Waals surface area contributed by atoms with Crippen molar-refractivity contribution in [1.29, 1.82) is 0 Å². The Bertz CT molecular complexity index is 1230. The summed E-state index contributed by atoms with van der Waals surface area (Å²) >= 11 is 0. The number of carbonyl (C=O) groups is 1. The van der Waals surface area contributed by atoms with Gasteiger partial charge in [0.1, 0.15) is 17.3 Å².